The molecule has 2 heterocycles. The predicted octanol–water partition coefficient (Wildman–Crippen LogP) is 2.65. The van der Waals surface area contributed by atoms with E-state index in [9.17, 15) is 4.79 Å². The number of hydrogen-bond acceptors (Lipinski definition) is 4. The van der Waals surface area contributed by atoms with Crippen molar-refractivity contribution in [1.29, 1.82) is 0 Å². The molecule has 1 aliphatic heterocycles. The molecule has 1 amide bonds. The summed E-state index contributed by atoms with van der Waals surface area (Å²) in [6.45, 7) is 0.696. The Balaban J connectivity index is 1.72. The highest BCUT2D eigenvalue weighted by atomic mass is 79.9. The molecule has 1 atom stereocenters. The van der Waals surface area contributed by atoms with Gasteiger partial charge < -0.3 is 10.6 Å². The Morgan fingerprint density at radius 2 is 2.05 bits per heavy atom. The number of halogens is 2. The molecule has 0 radical (unpaired) electrons. The maximum atomic E-state index is 12.3. The van der Waals surface area contributed by atoms with Crippen molar-refractivity contribution in [2.75, 3.05) is 5.32 Å². The van der Waals surface area contributed by atoms with E-state index in [0.717, 1.165) is 0 Å². The van der Waals surface area contributed by atoms with E-state index in [1.165, 1.54) is 11.1 Å². The van der Waals surface area contributed by atoms with Crippen LogP contribution in [-0.4, -0.2) is 21.9 Å². The molecular weight excluding hydrogens is 400 g/mol. The highest BCUT2D eigenvalue weighted by molar-refractivity contribution is 9.11. The average molecular weight is 412 g/mol. The van der Waals surface area contributed by atoms with E-state index in [-0.39, 0.29) is 11.9 Å². The van der Waals surface area contributed by atoms with Crippen LogP contribution >= 0.6 is 31.9 Å². The number of fused-ring (bicyclic) bond motifs is 1. The largest absolute Gasteiger partial charge is 0.307 e. The van der Waals surface area contributed by atoms with Crippen LogP contribution < -0.4 is 10.6 Å². The summed E-state index contributed by atoms with van der Waals surface area (Å²) >= 11 is 6.52. The zero-order chi connectivity index (χ0) is 14.8. The third-order valence-electron chi connectivity index (χ3n) is 3.34. The van der Waals surface area contributed by atoms with Gasteiger partial charge in [-0.1, -0.05) is 24.3 Å². The predicted molar refractivity (Wildman–Crippen MR) is 86.8 cm³/mol. The van der Waals surface area contributed by atoms with Gasteiger partial charge in [-0.3, -0.25) is 4.79 Å². The smallest absolute Gasteiger partial charge is 0.243 e. The molecule has 0 fully saturated rings. The highest BCUT2D eigenvalue weighted by Crippen LogP contribution is 2.21. The summed E-state index contributed by atoms with van der Waals surface area (Å²) in [5.74, 6) is 0.311. The quantitative estimate of drug-likeness (QED) is 0.797. The van der Waals surface area contributed by atoms with Gasteiger partial charge in [-0.2, -0.15) is 0 Å². The maximum Gasteiger partial charge on any atom is 0.243 e. The van der Waals surface area contributed by atoms with Crippen molar-refractivity contribution in [2.24, 2.45) is 0 Å². The zero-order valence-corrected chi connectivity index (χ0v) is 14.1. The third-order valence-corrected chi connectivity index (χ3v) is 4.27. The molecular formula is C14H12Br2N4O. The second kappa shape index (κ2) is 6.21. The maximum absolute atomic E-state index is 12.3. The molecule has 0 bridgehead atoms. The zero-order valence-electron chi connectivity index (χ0n) is 10.9. The lowest BCUT2D eigenvalue weighted by atomic mass is 9.95. The minimum Gasteiger partial charge on any atom is -0.307 e. The van der Waals surface area contributed by atoms with Gasteiger partial charge in [0.15, 0.2) is 5.82 Å². The van der Waals surface area contributed by atoms with Gasteiger partial charge in [-0.25, -0.2) is 9.97 Å². The van der Waals surface area contributed by atoms with E-state index < -0.39 is 0 Å². The van der Waals surface area contributed by atoms with Gasteiger partial charge in [0.2, 0.25) is 5.91 Å². The number of rotatable bonds is 2. The molecule has 0 aliphatic carbocycles. The average Bonchev–Trinajstić information content (AvgIpc) is 2.49. The first-order valence-electron chi connectivity index (χ1n) is 6.42. The Bertz CT molecular complexity index is 692. The van der Waals surface area contributed by atoms with Crippen LogP contribution in [0.1, 0.15) is 11.1 Å². The minimum absolute atomic E-state index is 0.109. The van der Waals surface area contributed by atoms with Gasteiger partial charge in [0.1, 0.15) is 9.21 Å². The summed E-state index contributed by atoms with van der Waals surface area (Å²) in [7, 11) is 0. The van der Waals surface area contributed by atoms with Gasteiger partial charge in [-0.15, -0.1) is 0 Å². The van der Waals surface area contributed by atoms with Crippen LogP contribution in [-0.2, 0) is 17.8 Å². The molecule has 1 aromatic carbocycles. The summed E-state index contributed by atoms with van der Waals surface area (Å²) in [6.07, 6.45) is 2.22. The van der Waals surface area contributed by atoms with Crippen LogP contribution in [0.2, 0.25) is 0 Å². The number of anilines is 1. The van der Waals surface area contributed by atoms with Crippen LogP contribution in [0, 0.1) is 0 Å². The topological polar surface area (TPSA) is 66.9 Å². The lowest BCUT2D eigenvalue weighted by molar-refractivity contribution is -0.118. The molecule has 1 unspecified atom stereocenters. The fraction of sp³-hybridized carbons (Fsp3) is 0.214. The second-order valence-corrected chi connectivity index (χ2v) is 6.29. The molecule has 1 aromatic heterocycles. The van der Waals surface area contributed by atoms with Gasteiger partial charge in [-0.05, 0) is 49.4 Å². The van der Waals surface area contributed by atoms with Gasteiger partial charge in [0.05, 0.1) is 12.2 Å². The van der Waals surface area contributed by atoms with E-state index in [1.807, 2.05) is 12.1 Å². The molecule has 21 heavy (non-hydrogen) atoms. The number of benzene rings is 1. The summed E-state index contributed by atoms with van der Waals surface area (Å²) in [5.41, 5.74) is 2.45. The number of nitrogens with zero attached hydrogens (tertiary/aromatic N) is 2. The first kappa shape index (κ1) is 14.6. The van der Waals surface area contributed by atoms with Crippen LogP contribution in [0.5, 0.6) is 0 Å². The molecule has 0 saturated carbocycles. The molecule has 2 aromatic rings. The van der Waals surface area contributed by atoms with Gasteiger partial charge >= 0.3 is 0 Å². The van der Waals surface area contributed by atoms with E-state index >= 15 is 0 Å². The number of aromatic nitrogens is 2. The Hall–Kier alpha value is -1.31. The number of hydrogen-bond donors (Lipinski definition) is 2. The highest BCUT2D eigenvalue weighted by Gasteiger charge is 2.24. The normalized spacial score (nSPS) is 17.1. The molecule has 108 valence electrons. The number of carbonyl (C=O) groups is 1. The van der Waals surface area contributed by atoms with E-state index in [2.05, 4.69) is 64.6 Å². The minimum atomic E-state index is -0.266. The van der Waals surface area contributed by atoms with Crippen LogP contribution in [0.3, 0.4) is 0 Å². The summed E-state index contributed by atoms with van der Waals surface area (Å²) in [4.78, 5) is 20.6. The number of nitrogens with one attached hydrogen (secondary N) is 2. The van der Waals surface area contributed by atoms with Crippen molar-refractivity contribution < 1.29 is 4.79 Å². The van der Waals surface area contributed by atoms with Gasteiger partial charge in [0.25, 0.3) is 0 Å². The molecule has 2 N–H and O–H groups in total. The monoisotopic (exact) mass is 410 g/mol. The Morgan fingerprint density at radius 3 is 2.81 bits per heavy atom. The first-order valence-corrected chi connectivity index (χ1v) is 8.01. The Morgan fingerprint density at radius 1 is 1.29 bits per heavy atom. The Labute approximate surface area is 138 Å². The Kier molecular flexibility index (Phi) is 4.32. The van der Waals surface area contributed by atoms with E-state index in [0.29, 0.717) is 28.0 Å². The number of amides is 1. The van der Waals surface area contributed by atoms with E-state index in [1.54, 1.807) is 6.20 Å². The van der Waals surface area contributed by atoms with E-state index in [4.69, 9.17) is 0 Å². The van der Waals surface area contributed by atoms with Crippen LogP contribution in [0.4, 0.5) is 5.82 Å². The van der Waals surface area contributed by atoms with Crippen LogP contribution in [0.15, 0.2) is 39.7 Å². The molecule has 5 nitrogen and oxygen atoms in total. The number of carbonyl (C=O) groups excluding carboxylic acids is 1. The van der Waals surface area contributed by atoms with Crippen molar-refractivity contribution in [2.45, 2.75) is 19.0 Å². The standard InChI is InChI=1S/C14H12Br2N4O/c15-11-7-18-13(12(16)19-11)20-14(21)10-5-8-3-1-2-4-9(8)6-17-10/h1-4,7,10,17H,5-6H2,(H,18,20,21). The van der Waals surface area contributed by atoms with Crippen LogP contribution in [0.25, 0.3) is 0 Å². The van der Waals surface area contributed by atoms with Crippen molar-refractivity contribution in [3.63, 3.8) is 0 Å². The molecule has 0 saturated heterocycles. The summed E-state index contributed by atoms with van der Waals surface area (Å²) in [6, 6.07) is 7.88. The van der Waals surface area contributed by atoms with Crippen molar-refractivity contribution >= 4 is 43.6 Å². The van der Waals surface area contributed by atoms with Crippen molar-refractivity contribution in [3.8, 4) is 0 Å². The summed E-state index contributed by atoms with van der Waals surface area (Å²) in [5, 5.41) is 6.04. The second-order valence-electron chi connectivity index (χ2n) is 4.73. The lowest BCUT2D eigenvalue weighted by Crippen LogP contribution is -2.44. The van der Waals surface area contributed by atoms with Crippen molar-refractivity contribution in [3.05, 3.63) is 50.8 Å². The molecule has 0 spiro atoms. The van der Waals surface area contributed by atoms with Crippen molar-refractivity contribution in [1.82, 2.24) is 15.3 Å². The molecule has 1 aliphatic rings. The van der Waals surface area contributed by atoms with Gasteiger partial charge in [0, 0.05) is 6.54 Å². The molecule has 3 rings (SSSR count). The first-order chi connectivity index (χ1) is 10.1. The molecule has 7 heteroatoms. The SMILES string of the molecule is O=C(Nc1ncc(Br)nc1Br)C1Cc2ccccc2CN1. The fourth-order valence-corrected chi connectivity index (χ4v) is 3.18. The summed E-state index contributed by atoms with van der Waals surface area (Å²) < 4.78 is 1.11. The fourth-order valence-electron chi connectivity index (χ4n) is 2.27. The third kappa shape index (κ3) is 3.30. The lowest BCUT2D eigenvalue weighted by Gasteiger charge is -2.25.